The van der Waals surface area contributed by atoms with Gasteiger partial charge in [0.1, 0.15) is 0 Å². The van der Waals surface area contributed by atoms with Gasteiger partial charge in [-0.25, -0.2) is 0 Å². The van der Waals surface area contributed by atoms with Gasteiger partial charge in [-0.15, -0.1) is 0 Å². The van der Waals surface area contributed by atoms with Gasteiger partial charge in [0, 0.05) is 0 Å². The minimum atomic E-state index is -5.14. The summed E-state index contributed by atoms with van der Waals surface area (Å²) in [5.41, 5.74) is -3.58. The number of hydrogen-bond acceptors (Lipinski definition) is 3. The molecule has 0 unspecified atom stereocenters. The average molecular weight is 260 g/mol. The van der Waals surface area contributed by atoms with Crippen LogP contribution in [0.25, 0.3) is 0 Å². The highest BCUT2D eigenvalue weighted by Gasteiger charge is 2.44. The predicted molar refractivity (Wildman–Crippen MR) is 40.9 cm³/mol. The van der Waals surface area contributed by atoms with E-state index in [9.17, 15) is 36.5 Å². The first kappa shape index (κ1) is 13.2. The van der Waals surface area contributed by atoms with E-state index >= 15 is 0 Å². The fraction of sp³-hybridized carbons (Fsp3) is 0.286. The van der Waals surface area contributed by atoms with Crippen LogP contribution in [0.3, 0.4) is 0 Å². The van der Waals surface area contributed by atoms with E-state index in [-0.39, 0.29) is 12.1 Å². The van der Waals surface area contributed by atoms with Crippen LogP contribution < -0.4 is 0 Å². The lowest BCUT2D eigenvalue weighted by Crippen LogP contribution is -2.15. The number of halogens is 6. The summed E-state index contributed by atoms with van der Waals surface area (Å²) in [5, 5.41) is 10.2. The van der Waals surface area contributed by atoms with Crippen molar-refractivity contribution in [1.82, 2.24) is 4.98 Å². The lowest BCUT2D eigenvalue weighted by molar-refractivity contribution is -0.393. The van der Waals surface area contributed by atoms with Crippen molar-refractivity contribution in [1.29, 1.82) is 0 Å². The zero-order chi connectivity index (χ0) is 13.4. The summed E-state index contributed by atoms with van der Waals surface area (Å²) in [6.07, 6.45) is -10.2. The Morgan fingerprint density at radius 3 is 1.94 bits per heavy atom. The summed E-state index contributed by atoms with van der Waals surface area (Å²) in [5.74, 6) is -1.87. The molecular formula is C7H2F6N2O2. The molecule has 0 N–H and O–H groups in total. The Balaban J connectivity index is 3.43. The van der Waals surface area contributed by atoms with Crippen LogP contribution in [0.15, 0.2) is 12.1 Å². The number of nitro groups is 1. The van der Waals surface area contributed by atoms with E-state index in [0.29, 0.717) is 0 Å². The number of rotatable bonds is 1. The van der Waals surface area contributed by atoms with Gasteiger partial charge in [0.05, 0.1) is 0 Å². The summed E-state index contributed by atoms with van der Waals surface area (Å²) in [6.45, 7) is 0. The van der Waals surface area contributed by atoms with Gasteiger partial charge in [-0.2, -0.15) is 26.3 Å². The molecule has 10 heteroatoms. The SMILES string of the molecule is O=[N+]([O-])c1nc(C(F)(F)F)ccc1C(F)(F)F. The first-order valence-electron chi connectivity index (χ1n) is 3.83. The Hall–Kier alpha value is -1.87. The second-order valence-corrected chi connectivity index (χ2v) is 2.82. The van der Waals surface area contributed by atoms with Crippen LogP contribution in [-0.4, -0.2) is 9.91 Å². The largest absolute Gasteiger partial charge is 0.457 e. The maximum atomic E-state index is 12.2. The van der Waals surface area contributed by atoms with E-state index in [2.05, 4.69) is 4.98 Å². The third-order valence-corrected chi connectivity index (χ3v) is 1.64. The molecule has 1 heterocycles. The van der Waals surface area contributed by atoms with Gasteiger partial charge in [-0.05, 0) is 22.0 Å². The molecule has 0 aliphatic carbocycles. The van der Waals surface area contributed by atoms with Crippen molar-refractivity contribution >= 4 is 5.82 Å². The summed E-state index contributed by atoms with van der Waals surface area (Å²) >= 11 is 0. The molecule has 94 valence electrons. The second kappa shape index (κ2) is 3.86. The van der Waals surface area contributed by atoms with Crippen LogP contribution in [0.2, 0.25) is 0 Å². The molecule has 0 fully saturated rings. The summed E-state index contributed by atoms with van der Waals surface area (Å²) in [7, 11) is 0. The standard InChI is InChI=1S/C7H2F6N2O2/c8-6(9,10)3-1-2-4(7(11,12)13)14-5(3)15(16)17/h1-2H. The van der Waals surface area contributed by atoms with Crippen molar-refractivity contribution in [2.24, 2.45) is 0 Å². The normalized spacial score (nSPS) is 12.6. The summed E-state index contributed by atoms with van der Waals surface area (Å²) in [4.78, 5) is 11.0. The predicted octanol–water partition coefficient (Wildman–Crippen LogP) is 3.03. The van der Waals surface area contributed by atoms with Crippen LogP contribution in [-0.2, 0) is 12.4 Å². The molecule has 1 rings (SSSR count). The molecule has 0 amide bonds. The van der Waals surface area contributed by atoms with Gasteiger partial charge in [0.25, 0.3) is 5.69 Å². The molecule has 1 aromatic heterocycles. The van der Waals surface area contributed by atoms with Gasteiger partial charge in [0.2, 0.25) is 0 Å². The third-order valence-electron chi connectivity index (χ3n) is 1.64. The Morgan fingerprint density at radius 1 is 1.06 bits per heavy atom. The van der Waals surface area contributed by atoms with Gasteiger partial charge >= 0.3 is 18.2 Å². The molecule has 0 spiro atoms. The van der Waals surface area contributed by atoms with Crippen LogP contribution in [0.1, 0.15) is 11.3 Å². The zero-order valence-corrected chi connectivity index (χ0v) is 7.63. The van der Waals surface area contributed by atoms with Crippen molar-refractivity contribution in [3.05, 3.63) is 33.5 Å². The topological polar surface area (TPSA) is 56.0 Å². The van der Waals surface area contributed by atoms with Crippen LogP contribution >= 0.6 is 0 Å². The monoisotopic (exact) mass is 260 g/mol. The van der Waals surface area contributed by atoms with Crippen molar-refractivity contribution in [2.75, 3.05) is 0 Å². The number of nitrogens with zero attached hydrogens (tertiary/aromatic N) is 2. The summed E-state index contributed by atoms with van der Waals surface area (Å²) in [6, 6.07) is 0.0176. The third kappa shape index (κ3) is 2.82. The van der Waals surface area contributed by atoms with Crippen molar-refractivity contribution in [2.45, 2.75) is 12.4 Å². The molecule has 0 aromatic carbocycles. The van der Waals surface area contributed by atoms with E-state index < -0.39 is 34.4 Å². The zero-order valence-electron chi connectivity index (χ0n) is 7.63. The molecule has 0 aliphatic rings. The lowest BCUT2D eigenvalue weighted by Gasteiger charge is -2.08. The van der Waals surface area contributed by atoms with Gasteiger partial charge in [-0.3, -0.25) is 0 Å². The van der Waals surface area contributed by atoms with E-state index in [1.807, 2.05) is 0 Å². The van der Waals surface area contributed by atoms with Gasteiger partial charge in [0.15, 0.2) is 5.56 Å². The molecule has 0 atom stereocenters. The molecule has 0 saturated carbocycles. The smallest absolute Gasteiger partial charge is 0.358 e. The lowest BCUT2D eigenvalue weighted by atomic mass is 10.2. The number of aromatic nitrogens is 1. The van der Waals surface area contributed by atoms with Crippen molar-refractivity contribution < 1.29 is 31.3 Å². The average Bonchev–Trinajstić information content (AvgIpc) is 2.14. The fourth-order valence-electron chi connectivity index (χ4n) is 0.967. The number of pyridine rings is 1. The minimum Gasteiger partial charge on any atom is -0.358 e. The maximum Gasteiger partial charge on any atom is 0.457 e. The molecule has 17 heavy (non-hydrogen) atoms. The Kier molecular flexibility index (Phi) is 2.99. The Morgan fingerprint density at radius 2 is 1.59 bits per heavy atom. The van der Waals surface area contributed by atoms with Crippen LogP contribution in [0.4, 0.5) is 32.2 Å². The highest BCUT2D eigenvalue weighted by Crippen LogP contribution is 2.37. The highest BCUT2D eigenvalue weighted by atomic mass is 19.4. The molecule has 4 nitrogen and oxygen atoms in total. The van der Waals surface area contributed by atoms with E-state index in [0.717, 1.165) is 0 Å². The van der Waals surface area contributed by atoms with Crippen LogP contribution in [0, 0.1) is 10.1 Å². The Labute approximate surface area is 89.0 Å². The van der Waals surface area contributed by atoms with E-state index in [1.54, 1.807) is 0 Å². The quantitative estimate of drug-likeness (QED) is 0.443. The van der Waals surface area contributed by atoms with Gasteiger partial charge in [-0.1, -0.05) is 0 Å². The maximum absolute atomic E-state index is 12.2. The van der Waals surface area contributed by atoms with Gasteiger partial charge < -0.3 is 10.1 Å². The molecule has 0 bridgehead atoms. The first-order chi connectivity index (χ1) is 7.53. The van der Waals surface area contributed by atoms with E-state index in [1.165, 1.54) is 0 Å². The molecular weight excluding hydrogens is 258 g/mol. The second-order valence-electron chi connectivity index (χ2n) is 2.82. The highest BCUT2D eigenvalue weighted by molar-refractivity contribution is 5.37. The molecule has 0 aliphatic heterocycles. The Bertz CT molecular complexity index is 453. The van der Waals surface area contributed by atoms with E-state index in [4.69, 9.17) is 0 Å². The van der Waals surface area contributed by atoms with Crippen molar-refractivity contribution in [3.63, 3.8) is 0 Å². The molecule has 0 radical (unpaired) electrons. The molecule has 1 aromatic rings. The number of alkyl halides is 6. The summed E-state index contributed by atoms with van der Waals surface area (Å²) < 4.78 is 72.9. The van der Waals surface area contributed by atoms with Crippen molar-refractivity contribution in [3.8, 4) is 0 Å². The first-order valence-corrected chi connectivity index (χ1v) is 3.83. The number of hydrogen-bond donors (Lipinski definition) is 0. The molecule has 0 saturated heterocycles. The fourth-order valence-corrected chi connectivity index (χ4v) is 0.967. The minimum absolute atomic E-state index is 0.0199. The van der Waals surface area contributed by atoms with Crippen LogP contribution in [0.5, 0.6) is 0 Å².